The third-order valence-electron chi connectivity index (χ3n) is 5.50. The number of aromatic nitrogens is 2. The predicted octanol–water partition coefficient (Wildman–Crippen LogP) is 2.57. The monoisotopic (exact) mass is 473 g/mol. The van der Waals surface area contributed by atoms with Gasteiger partial charge in [0.25, 0.3) is 5.91 Å². The number of benzene rings is 1. The Bertz CT molecular complexity index is 1300. The van der Waals surface area contributed by atoms with E-state index in [0.29, 0.717) is 43.5 Å². The molecule has 180 valence electrons. The van der Waals surface area contributed by atoms with Crippen LogP contribution >= 0.6 is 0 Å². The van der Waals surface area contributed by atoms with Gasteiger partial charge >= 0.3 is 5.63 Å². The van der Waals surface area contributed by atoms with Crippen molar-refractivity contribution in [2.75, 3.05) is 13.1 Å². The van der Waals surface area contributed by atoms with Crippen molar-refractivity contribution >= 4 is 16.9 Å². The van der Waals surface area contributed by atoms with E-state index in [0.717, 1.165) is 11.4 Å². The zero-order chi connectivity index (χ0) is 24.6. The van der Waals surface area contributed by atoms with Crippen LogP contribution in [0.15, 0.2) is 76.2 Å². The number of nitrogens with one attached hydrogen (secondary N) is 1. The summed E-state index contributed by atoms with van der Waals surface area (Å²) in [5.41, 5.74) is 6.98. The maximum Gasteiger partial charge on any atom is 0.349 e. The van der Waals surface area contributed by atoms with Gasteiger partial charge in [0, 0.05) is 44.0 Å². The molecule has 4 N–H and O–H groups in total. The van der Waals surface area contributed by atoms with Crippen LogP contribution in [0, 0.1) is 0 Å². The van der Waals surface area contributed by atoms with Gasteiger partial charge in [-0.05, 0) is 55.4 Å². The summed E-state index contributed by atoms with van der Waals surface area (Å²) in [6, 6.07) is 16.0. The number of carbonyl (C=O) groups excluding carboxylic acids is 1. The Morgan fingerprint density at radius 2 is 1.69 bits per heavy atom. The Hall–Kier alpha value is -4.08. The number of phenols is 1. The van der Waals surface area contributed by atoms with Crippen molar-refractivity contribution in [1.82, 2.24) is 20.2 Å². The van der Waals surface area contributed by atoms with E-state index in [1.165, 1.54) is 12.1 Å². The summed E-state index contributed by atoms with van der Waals surface area (Å²) < 4.78 is 5.57. The molecule has 4 rings (SSSR count). The quantitative estimate of drug-likeness (QED) is 0.236. The largest absolute Gasteiger partial charge is 0.507 e. The molecule has 0 saturated carbocycles. The smallest absolute Gasteiger partial charge is 0.349 e. The van der Waals surface area contributed by atoms with E-state index in [-0.39, 0.29) is 23.4 Å². The van der Waals surface area contributed by atoms with Crippen molar-refractivity contribution in [1.29, 1.82) is 0 Å². The van der Waals surface area contributed by atoms with Crippen LogP contribution in [-0.4, -0.2) is 39.0 Å². The van der Waals surface area contributed by atoms with Gasteiger partial charge in [0.05, 0.1) is 17.0 Å². The number of nitrogens with zero attached hydrogens (tertiary/aromatic N) is 3. The zero-order valence-corrected chi connectivity index (χ0v) is 19.2. The molecule has 0 unspecified atom stereocenters. The Morgan fingerprint density at radius 3 is 2.29 bits per heavy atom. The summed E-state index contributed by atoms with van der Waals surface area (Å²) in [6.07, 6.45) is 4.05. The summed E-state index contributed by atoms with van der Waals surface area (Å²) in [5.74, 6) is -0.525. The average Bonchev–Trinajstić information content (AvgIpc) is 2.87. The molecule has 0 aliphatic carbocycles. The van der Waals surface area contributed by atoms with Crippen LogP contribution < -0.4 is 16.7 Å². The van der Waals surface area contributed by atoms with Gasteiger partial charge in [0.2, 0.25) is 0 Å². The molecule has 35 heavy (non-hydrogen) atoms. The highest BCUT2D eigenvalue weighted by atomic mass is 16.4. The fourth-order valence-corrected chi connectivity index (χ4v) is 3.77. The Labute approximate surface area is 202 Å². The molecule has 9 heteroatoms. The van der Waals surface area contributed by atoms with Gasteiger partial charge in [-0.1, -0.05) is 12.1 Å². The molecule has 0 bridgehead atoms. The van der Waals surface area contributed by atoms with Gasteiger partial charge in [-0.3, -0.25) is 19.7 Å². The predicted molar refractivity (Wildman–Crippen MR) is 132 cm³/mol. The first-order chi connectivity index (χ1) is 17.0. The summed E-state index contributed by atoms with van der Waals surface area (Å²) in [7, 11) is 0. The lowest BCUT2D eigenvalue weighted by atomic mass is 10.1. The summed E-state index contributed by atoms with van der Waals surface area (Å²) in [5, 5.41) is 13.9. The molecule has 0 saturated heterocycles. The summed E-state index contributed by atoms with van der Waals surface area (Å²) in [4.78, 5) is 36.0. The van der Waals surface area contributed by atoms with E-state index in [1.807, 2.05) is 41.3 Å². The number of rotatable bonds is 10. The van der Waals surface area contributed by atoms with E-state index >= 15 is 0 Å². The molecule has 0 radical (unpaired) electrons. The minimum atomic E-state index is -0.768. The highest BCUT2D eigenvalue weighted by molar-refractivity contribution is 5.97. The second-order valence-electron chi connectivity index (χ2n) is 8.11. The molecule has 3 heterocycles. The number of carbonyl (C=O) groups is 1. The van der Waals surface area contributed by atoms with E-state index in [1.54, 1.807) is 18.5 Å². The third-order valence-corrected chi connectivity index (χ3v) is 5.50. The topological polar surface area (TPSA) is 135 Å². The zero-order valence-electron chi connectivity index (χ0n) is 19.2. The average molecular weight is 474 g/mol. The molecule has 0 atom stereocenters. The van der Waals surface area contributed by atoms with Crippen LogP contribution in [0.5, 0.6) is 5.75 Å². The van der Waals surface area contributed by atoms with Crippen LogP contribution in [0.4, 0.5) is 0 Å². The Balaban J connectivity index is 1.67. The molecule has 1 aromatic carbocycles. The Morgan fingerprint density at radius 1 is 1.00 bits per heavy atom. The molecule has 0 fully saturated rings. The second kappa shape index (κ2) is 11.4. The van der Waals surface area contributed by atoms with E-state index < -0.39 is 11.5 Å². The lowest BCUT2D eigenvalue weighted by Gasteiger charge is -2.22. The molecule has 9 nitrogen and oxygen atoms in total. The molecule has 3 aromatic heterocycles. The SMILES string of the molecule is NCCCNC(=O)c1cc2ccc(O)c(CN(Cc3ccccn3)Cc3ccccn3)c2oc1=O. The van der Waals surface area contributed by atoms with E-state index in [9.17, 15) is 14.7 Å². The molecule has 4 aromatic rings. The lowest BCUT2D eigenvalue weighted by molar-refractivity contribution is 0.0950. The maximum atomic E-state index is 12.7. The first-order valence-electron chi connectivity index (χ1n) is 11.3. The first kappa shape index (κ1) is 24.1. The minimum Gasteiger partial charge on any atom is -0.507 e. The van der Waals surface area contributed by atoms with Crippen molar-refractivity contribution < 1.29 is 14.3 Å². The van der Waals surface area contributed by atoms with Gasteiger partial charge in [-0.2, -0.15) is 0 Å². The van der Waals surface area contributed by atoms with Gasteiger partial charge < -0.3 is 20.6 Å². The molecular weight excluding hydrogens is 446 g/mol. The molecule has 0 aliphatic rings. The third kappa shape index (κ3) is 6.08. The van der Waals surface area contributed by atoms with E-state index in [4.69, 9.17) is 10.2 Å². The van der Waals surface area contributed by atoms with E-state index in [2.05, 4.69) is 15.3 Å². The molecular formula is C26H27N5O4. The molecule has 0 spiro atoms. The number of fused-ring (bicyclic) bond motifs is 1. The first-order valence-corrected chi connectivity index (χ1v) is 11.3. The lowest BCUT2D eigenvalue weighted by Crippen LogP contribution is -2.30. The molecule has 1 amide bonds. The second-order valence-corrected chi connectivity index (χ2v) is 8.11. The van der Waals surface area contributed by atoms with Gasteiger partial charge in [0.1, 0.15) is 16.9 Å². The van der Waals surface area contributed by atoms with Crippen LogP contribution in [-0.2, 0) is 19.6 Å². The number of aromatic hydroxyl groups is 1. The summed E-state index contributed by atoms with van der Waals surface area (Å²) in [6.45, 7) is 2.03. The summed E-state index contributed by atoms with van der Waals surface area (Å²) >= 11 is 0. The normalized spacial score (nSPS) is 11.1. The highest BCUT2D eigenvalue weighted by Crippen LogP contribution is 2.29. The molecule has 0 aliphatic heterocycles. The maximum absolute atomic E-state index is 12.7. The minimum absolute atomic E-state index is 0.00663. The fourth-order valence-electron chi connectivity index (χ4n) is 3.77. The number of nitrogens with two attached hydrogens (primary N) is 1. The van der Waals surface area contributed by atoms with Crippen molar-refractivity contribution in [2.45, 2.75) is 26.1 Å². The standard InChI is InChI=1S/C26H27N5O4/c27-10-5-13-30-25(33)21-14-18-8-9-23(32)22(24(18)35-26(21)34)17-31(15-19-6-1-3-11-28-19)16-20-7-2-4-12-29-20/h1-4,6-9,11-12,14,32H,5,10,13,15-17,27H2,(H,30,33). The van der Waals surface area contributed by atoms with Gasteiger partial charge in [0.15, 0.2) is 0 Å². The Kier molecular flexibility index (Phi) is 7.81. The van der Waals surface area contributed by atoms with Crippen molar-refractivity contribution in [3.63, 3.8) is 0 Å². The number of amides is 1. The number of pyridine rings is 2. The van der Waals surface area contributed by atoms with Crippen LogP contribution in [0.25, 0.3) is 11.0 Å². The highest BCUT2D eigenvalue weighted by Gasteiger charge is 2.19. The van der Waals surface area contributed by atoms with Crippen LogP contribution in [0.1, 0.15) is 33.7 Å². The van der Waals surface area contributed by atoms with Crippen LogP contribution in [0.2, 0.25) is 0 Å². The van der Waals surface area contributed by atoms with Crippen molar-refractivity contribution in [3.8, 4) is 5.75 Å². The number of hydrogen-bond donors (Lipinski definition) is 3. The fraction of sp³-hybridized carbons (Fsp3) is 0.231. The number of hydrogen-bond acceptors (Lipinski definition) is 8. The van der Waals surface area contributed by atoms with Crippen molar-refractivity contribution in [2.24, 2.45) is 5.73 Å². The van der Waals surface area contributed by atoms with Gasteiger partial charge in [-0.15, -0.1) is 0 Å². The van der Waals surface area contributed by atoms with Crippen LogP contribution in [0.3, 0.4) is 0 Å². The van der Waals surface area contributed by atoms with Gasteiger partial charge in [-0.25, -0.2) is 4.79 Å². The van der Waals surface area contributed by atoms with Crippen molar-refractivity contribution in [3.05, 3.63) is 99.9 Å². The number of phenolic OH excluding ortho intramolecular Hbond substituents is 1.